The summed E-state index contributed by atoms with van der Waals surface area (Å²) >= 11 is 0. The number of para-hydroxylation sites is 8. The fraction of sp³-hybridized carbons (Fsp3) is 0. The molecule has 318 valence electrons. The monoisotopic (exact) mass is 868 g/mol. The van der Waals surface area contributed by atoms with Crippen LogP contribution in [-0.2, 0) is 0 Å². The van der Waals surface area contributed by atoms with Crippen LogP contribution in [-0.4, -0.2) is 28.5 Å². The van der Waals surface area contributed by atoms with Crippen LogP contribution in [0.15, 0.2) is 243 Å². The van der Waals surface area contributed by atoms with E-state index in [1.165, 1.54) is 38.0 Å². The van der Waals surface area contributed by atoms with Gasteiger partial charge in [0, 0.05) is 65.9 Å². The quantitative estimate of drug-likeness (QED) is 0.160. The molecule has 0 saturated carbocycles. The van der Waals surface area contributed by atoms with Crippen LogP contribution in [0.2, 0.25) is 0 Å². The van der Waals surface area contributed by atoms with E-state index in [0.29, 0.717) is 0 Å². The number of hydrogen-bond acceptors (Lipinski definition) is 2. The number of benzene rings is 10. The fourth-order valence-corrected chi connectivity index (χ4v) is 10.9. The molecule has 6 nitrogen and oxygen atoms in total. The molecule has 14 rings (SSSR count). The highest BCUT2D eigenvalue weighted by Crippen LogP contribution is 2.46. The van der Waals surface area contributed by atoms with Gasteiger partial charge in [0.1, 0.15) is 0 Å². The number of hydrogen-bond donors (Lipinski definition) is 0. The van der Waals surface area contributed by atoms with Crippen LogP contribution < -0.4 is 0 Å². The van der Waals surface area contributed by atoms with Crippen LogP contribution in [0.5, 0.6) is 0 Å². The molecule has 0 radical (unpaired) electrons. The van der Waals surface area contributed by atoms with Gasteiger partial charge in [0.15, 0.2) is 11.6 Å². The van der Waals surface area contributed by atoms with Crippen LogP contribution in [0.3, 0.4) is 0 Å². The number of aromatic nitrogens is 6. The third kappa shape index (κ3) is 5.58. The summed E-state index contributed by atoms with van der Waals surface area (Å²) in [6.45, 7) is 0. The highest BCUT2D eigenvalue weighted by Gasteiger charge is 2.26. The molecule has 0 atom stereocenters. The summed E-state index contributed by atoms with van der Waals surface area (Å²) < 4.78 is 9.58. The Morgan fingerprint density at radius 3 is 1.37 bits per heavy atom. The Bertz CT molecular complexity index is 4250. The van der Waals surface area contributed by atoms with Gasteiger partial charge in [0.25, 0.3) is 0 Å². The van der Waals surface area contributed by atoms with Gasteiger partial charge >= 0.3 is 0 Å². The van der Waals surface area contributed by atoms with Crippen molar-refractivity contribution in [3.05, 3.63) is 243 Å². The molecule has 0 aliphatic rings. The third-order valence-corrected chi connectivity index (χ3v) is 13.7. The molecule has 10 aromatic carbocycles. The molecule has 0 spiro atoms. The van der Waals surface area contributed by atoms with Crippen LogP contribution >= 0.6 is 0 Å². The second kappa shape index (κ2) is 15.2. The van der Waals surface area contributed by atoms with Crippen molar-refractivity contribution < 1.29 is 0 Å². The van der Waals surface area contributed by atoms with Gasteiger partial charge in [-0.05, 0) is 66.7 Å². The summed E-state index contributed by atoms with van der Waals surface area (Å²) in [4.78, 5) is 0. The number of rotatable bonds is 7. The molecule has 0 N–H and O–H groups in total. The topological polar surface area (TPSA) is 45.5 Å². The van der Waals surface area contributed by atoms with Gasteiger partial charge in [-0.15, -0.1) is 10.2 Å². The summed E-state index contributed by atoms with van der Waals surface area (Å²) in [5.41, 5.74) is 15.4. The van der Waals surface area contributed by atoms with Gasteiger partial charge in [-0.1, -0.05) is 176 Å². The second-order valence-electron chi connectivity index (χ2n) is 17.4. The third-order valence-electron chi connectivity index (χ3n) is 13.7. The molecule has 14 aromatic rings. The van der Waals surface area contributed by atoms with Gasteiger partial charge in [-0.3, -0.25) is 4.57 Å². The van der Waals surface area contributed by atoms with Crippen LogP contribution in [0.4, 0.5) is 0 Å². The van der Waals surface area contributed by atoms with E-state index >= 15 is 0 Å². The van der Waals surface area contributed by atoms with Crippen molar-refractivity contribution in [1.82, 2.24) is 28.5 Å². The lowest BCUT2D eigenvalue weighted by molar-refractivity contribution is 1.07. The van der Waals surface area contributed by atoms with E-state index < -0.39 is 0 Å². The average molecular weight is 869 g/mol. The maximum atomic E-state index is 5.04. The maximum Gasteiger partial charge on any atom is 0.171 e. The van der Waals surface area contributed by atoms with Gasteiger partial charge in [-0.25, -0.2) is 0 Å². The summed E-state index contributed by atoms with van der Waals surface area (Å²) in [7, 11) is 0. The van der Waals surface area contributed by atoms with Crippen molar-refractivity contribution in [3.8, 4) is 56.7 Å². The molecule has 0 bridgehead atoms. The summed E-state index contributed by atoms with van der Waals surface area (Å²) in [5, 5.41) is 17.2. The van der Waals surface area contributed by atoms with Crippen molar-refractivity contribution in [1.29, 1.82) is 0 Å². The normalized spacial score (nSPS) is 11.8. The molecule has 0 fully saturated rings. The van der Waals surface area contributed by atoms with Crippen molar-refractivity contribution in [3.63, 3.8) is 0 Å². The molecule has 0 aliphatic carbocycles. The molecule has 0 unspecified atom stereocenters. The fourth-order valence-electron chi connectivity index (χ4n) is 10.9. The summed E-state index contributed by atoms with van der Waals surface area (Å²) in [6, 6.07) is 87.0. The molecule has 6 heteroatoms. The minimum absolute atomic E-state index is 0.770. The Balaban J connectivity index is 1.05. The summed E-state index contributed by atoms with van der Waals surface area (Å²) in [6.07, 6.45) is 0. The van der Waals surface area contributed by atoms with E-state index in [4.69, 9.17) is 10.2 Å². The average Bonchev–Trinajstić information content (AvgIpc) is 4.18. The highest BCUT2D eigenvalue weighted by atomic mass is 15.3. The zero-order chi connectivity index (χ0) is 44.7. The van der Waals surface area contributed by atoms with Gasteiger partial charge in [-0.2, -0.15) is 0 Å². The lowest BCUT2D eigenvalue weighted by Gasteiger charge is -2.19. The molecular formula is C62H40N6. The Labute approximate surface area is 391 Å². The Morgan fingerprint density at radius 2 is 0.706 bits per heavy atom. The van der Waals surface area contributed by atoms with E-state index in [1.807, 2.05) is 12.1 Å². The molecule has 68 heavy (non-hydrogen) atoms. The van der Waals surface area contributed by atoms with Crippen LogP contribution in [0, 0.1) is 0 Å². The first-order chi connectivity index (χ1) is 33.8. The minimum Gasteiger partial charge on any atom is -0.309 e. The molecule has 0 amide bonds. The highest BCUT2D eigenvalue weighted by molar-refractivity contribution is 6.26. The first kappa shape index (κ1) is 38.1. The van der Waals surface area contributed by atoms with Gasteiger partial charge < -0.3 is 13.7 Å². The summed E-state index contributed by atoms with van der Waals surface area (Å²) in [5.74, 6) is 1.56. The Morgan fingerprint density at radius 1 is 0.250 bits per heavy atom. The molecular weight excluding hydrogens is 829 g/mol. The van der Waals surface area contributed by atoms with E-state index in [1.54, 1.807) is 0 Å². The predicted molar refractivity (Wildman–Crippen MR) is 281 cm³/mol. The minimum atomic E-state index is 0.770. The lowest BCUT2D eigenvalue weighted by Crippen LogP contribution is -2.03. The Hall–Kier alpha value is -9.26. The smallest absolute Gasteiger partial charge is 0.171 e. The van der Waals surface area contributed by atoms with Crippen LogP contribution in [0.25, 0.3) is 122 Å². The largest absolute Gasteiger partial charge is 0.309 e. The van der Waals surface area contributed by atoms with E-state index in [9.17, 15) is 0 Å². The zero-order valence-corrected chi connectivity index (χ0v) is 36.8. The van der Waals surface area contributed by atoms with Crippen molar-refractivity contribution in [2.24, 2.45) is 0 Å². The van der Waals surface area contributed by atoms with E-state index in [2.05, 4.69) is 249 Å². The molecule has 0 aliphatic heterocycles. The van der Waals surface area contributed by atoms with Crippen molar-refractivity contribution in [2.45, 2.75) is 0 Å². The van der Waals surface area contributed by atoms with Crippen molar-refractivity contribution in [2.75, 3.05) is 0 Å². The lowest BCUT2D eigenvalue weighted by atomic mass is 10.0. The molecule has 4 heterocycles. The maximum absolute atomic E-state index is 5.04. The second-order valence-corrected chi connectivity index (χ2v) is 17.4. The van der Waals surface area contributed by atoms with Gasteiger partial charge in [0.2, 0.25) is 0 Å². The van der Waals surface area contributed by atoms with E-state index in [-0.39, 0.29) is 0 Å². The van der Waals surface area contributed by atoms with Crippen LogP contribution in [0.1, 0.15) is 0 Å². The molecule has 0 saturated heterocycles. The number of fused-ring (bicyclic) bond motifs is 10. The first-order valence-electron chi connectivity index (χ1n) is 23.1. The number of nitrogens with zero attached hydrogens (tertiary/aromatic N) is 6. The SMILES string of the molecule is c1ccc(-c2nnc(-c3cccc4c5ccccc5n(-c5ccccc5-c5ccccc5-n5c6ccccc6c6c5ccc5c7ccccc7n(-c7ccccc7)c56)c34)n2-c2ccccc2)cc1. The Kier molecular flexibility index (Phi) is 8.48. The van der Waals surface area contributed by atoms with Crippen molar-refractivity contribution >= 4 is 65.4 Å². The first-order valence-corrected chi connectivity index (χ1v) is 23.1. The predicted octanol–water partition coefficient (Wildman–Crippen LogP) is 15.6. The van der Waals surface area contributed by atoms with E-state index in [0.717, 1.165) is 84.1 Å². The molecule has 4 aromatic heterocycles. The zero-order valence-electron chi connectivity index (χ0n) is 36.8. The van der Waals surface area contributed by atoms with Gasteiger partial charge in [0.05, 0.1) is 44.5 Å². The standard InChI is InChI=1S/C62H40N6/c1-4-21-41(22-5-1)61-63-64-62(66(61)43-25-8-3-9-26-43)51-33-20-32-48-46-29-13-18-37-55(46)68(59(48)51)54-36-17-11-28-45(54)44-27-10-16-35-53(44)67-56-38-19-14-31-50(56)58-57(67)40-39-49-47-30-12-15-34-52(47)65(60(49)58)42-23-6-2-7-24-42/h1-40H.